The molecule has 0 heterocycles. The zero-order valence-electron chi connectivity index (χ0n) is 10.7. The first-order chi connectivity index (χ1) is 7.78. The minimum Gasteiger partial charge on any atom is -0.545 e. The minimum atomic E-state index is -1.35. The van der Waals surface area contributed by atoms with E-state index in [0.29, 0.717) is 5.92 Å². The Morgan fingerprint density at radius 3 is 2.47 bits per heavy atom. The van der Waals surface area contributed by atoms with Gasteiger partial charge < -0.3 is 15.2 Å². The molecule has 0 saturated heterocycles. The second-order valence-electron chi connectivity index (χ2n) is 5.77. The number of carboxylic acid groups (broad SMARTS) is 1. The molecule has 4 heteroatoms. The highest BCUT2D eigenvalue weighted by Gasteiger charge is 2.32. The van der Waals surface area contributed by atoms with Gasteiger partial charge in [0.05, 0.1) is 5.97 Å². The quantitative estimate of drug-likeness (QED) is 0.733. The lowest BCUT2D eigenvalue weighted by molar-refractivity contribution is -0.297. The van der Waals surface area contributed by atoms with E-state index in [9.17, 15) is 14.7 Å². The molecule has 0 aliphatic heterocycles. The Morgan fingerprint density at radius 1 is 1.29 bits per heavy atom. The summed E-state index contributed by atoms with van der Waals surface area (Å²) < 4.78 is 0. The topological polar surface area (TPSA) is 69.2 Å². The molecule has 1 N–H and O–H groups in total. The number of carboxylic acids is 1. The number of nitrogens with one attached hydrogen (secondary N) is 1. The van der Waals surface area contributed by atoms with Gasteiger partial charge >= 0.3 is 0 Å². The van der Waals surface area contributed by atoms with Crippen molar-refractivity contribution in [3.05, 3.63) is 12.2 Å². The highest BCUT2D eigenvalue weighted by molar-refractivity contribution is 5.93. The molecule has 0 radical (unpaired) electrons. The van der Waals surface area contributed by atoms with Gasteiger partial charge in [-0.1, -0.05) is 20.8 Å². The largest absolute Gasteiger partial charge is 0.545 e. The molecule has 0 unspecified atom stereocenters. The summed E-state index contributed by atoms with van der Waals surface area (Å²) in [5.74, 6) is -1.13. The molecule has 17 heavy (non-hydrogen) atoms. The van der Waals surface area contributed by atoms with E-state index in [4.69, 9.17) is 0 Å². The van der Waals surface area contributed by atoms with Crippen molar-refractivity contribution < 1.29 is 14.7 Å². The smallest absolute Gasteiger partial charge is 0.244 e. The number of hydrogen-bond donors (Lipinski definition) is 1. The lowest BCUT2D eigenvalue weighted by Crippen LogP contribution is -2.42. The fourth-order valence-corrected chi connectivity index (χ4v) is 2.85. The maximum Gasteiger partial charge on any atom is 0.244 e. The summed E-state index contributed by atoms with van der Waals surface area (Å²) in [6.07, 6.45) is 4.82. The molecule has 2 atom stereocenters. The van der Waals surface area contributed by atoms with E-state index in [2.05, 4.69) is 26.1 Å². The van der Waals surface area contributed by atoms with E-state index in [1.54, 1.807) is 0 Å². The third-order valence-corrected chi connectivity index (χ3v) is 3.10. The number of amides is 1. The summed E-state index contributed by atoms with van der Waals surface area (Å²) in [6.45, 7) is 6.56. The van der Waals surface area contributed by atoms with Crippen LogP contribution < -0.4 is 10.4 Å². The number of carbonyl (C=O) groups is 2. The Labute approximate surface area is 102 Å². The Balaban J connectivity index is 2.51. The monoisotopic (exact) mass is 238 g/mol. The van der Waals surface area contributed by atoms with Gasteiger partial charge in [0.25, 0.3) is 0 Å². The predicted octanol–water partition coefficient (Wildman–Crippen LogP) is 0.623. The van der Waals surface area contributed by atoms with E-state index in [0.717, 1.165) is 31.4 Å². The van der Waals surface area contributed by atoms with Gasteiger partial charge in [-0.15, -0.1) is 0 Å². The first kappa shape index (κ1) is 13.7. The Kier molecular flexibility index (Phi) is 4.32. The summed E-state index contributed by atoms with van der Waals surface area (Å²) in [4.78, 5) is 21.6. The number of aliphatic carboxylic acids is 1. The molecule has 1 fully saturated rings. The first-order valence-electron chi connectivity index (χ1n) is 5.98. The van der Waals surface area contributed by atoms with Crippen molar-refractivity contribution in [2.75, 3.05) is 0 Å². The zero-order chi connectivity index (χ0) is 13.1. The molecule has 0 aromatic heterocycles. The molecule has 0 spiro atoms. The molecular weight excluding hydrogens is 218 g/mol. The van der Waals surface area contributed by atoms with Crippen molar-refractivity contribution in [3.8, 4) is 0 Å². The van der Waals surface area contributed by atoms with Crippen LogP contribution in [-0.2, 0) is 9.59 Å². The lowest BCUT2D eigenvalue weighted by atomic mass is 9.70. The fourth-order valence-electron chi connectivity index (χ4n) is 2.85. The minimum absolute atomic E-state index is 0.132. The van der Waals surface area contributed by atoms with Crippen LogP contribution in [0.25, 0.3) is 0 Å². The van der Waals surface area contributed by atoms with Crippen LogP contribution in [0.2, 0.25) is 0 Å². The van der Waals surface area contributed by atoms with Gasteiger partial charge in [0.2, 0.25) is 5.91 Å². The molecule has 96 valence electrons. The maximum atomic E-state index is 11.4. The molecule has 1 aliphatic rings. The SMILES string of the molecule is C[C@H]1C[C@H](NC(=O)/C=C/C(=O)[O-])CC(C)(C)C1. The van der Waals surface area contributed by atoms with Gasteiger partial charge in [-0.05, 0) is 36.7 Å². The van der Waals surface area contributed by atoms with Gasteiger partial charge in [0, 0.05) is 12.1 Å². The molecule has 0 bridgehead atoms. The molecule has 1 saturated carbocycles. The van der Waals surface area contributed by atoms with Gasteiger partial charge in [-0.25, -0.2) is 0 Å². The predicted molar refractivity (Wildman–Crippen MR) is 62.9 cm³/mol. The second kappa shape index (κ2) is 5.34. The Bertz CT molecular complexity index is 334. The van der Waals surface area contributed by atoms with Crippen LogP contribution >= 0.6 is 0 Å². The first-order valence-corrected chi connectivity index (χ1v) is 5.98. The summed E-state index contributed by atoms with van der Waals surface area (Å²) in [7, 11) is 0. The summed E-state index contributed by atoms with van der Waals surface area (Å²) in [6, 6.07) is 0.132. The molecule has 1 rings (SSSR count). The number of hydrogen-bond acceptors (Lipinski definition) is 3. The summed E-state index contributed by atoms with van der Waals surface area (Å²) in [5, 5.41) is 13.0. The lowest BCUT2D eigenvalue weighted by Gasteiger charge is -2.39. The van der Waals surface area contributed by atoms with Gasteiger partial charge in [0.15, 0.2) is 0 Å². The fraction of sp³-hybridized carbons (Fsp3) is 0.692. The average molecular weight is 238 g/mol. The highest BCUT2D eigenvalue weighted by atomic mass is 16.4. The molecule has 4 nitrogen and oxygen atoms in total. The molecular formula is C13H20NO3-. The number of rotatable bonds is 3. The van der Waals surface area contributed by atoms with Crippen LogP contribution in [0.5, 0.6) is 0 Å². The van der Waals surface area contributed by atoms with Gasteiger partial charge in [-0.3, -0.25) is 4.79 Å². The van der Waals surface area contributed by atoms with E-state index in [1.807, 2.05) is 0 Å². The maximum absolute atomic E-state index is 11.4. The Hall–Kier alpha value is -1.32. The summed E-state index contributed by atoms with van der Waals surface area (Å²) >= 11 is 0. The van der Waals surface area contributed by atoms with Crippen LogP contribution in [0.4, 0.5) is 0 Å². The van der Waals surface area contributed by atoms with Crippen molar-refractivity contribution in [3.63, 3.8) is 0 Å². The molecule has 1 aliphatic carbocycles. The Morgan fingerprint density at radius 2 is 1.94 bits per heavy atom. The molecule has 0 aromatic rings. The van der Waals surface area contributed by atoms with Crippen LogP contribution in [0.3, 0.4) is 0 Å². The van der Waals surface area contributed by atoms with E-state index >= 15 is 0 Å². The van der Waals surface area contributed by atoms with Gasteiger partial charge in [-0.2, -0.15) is 0 Å². The summed E-state index contributed by atoms with van der Waals surface area (Å²) in [5.41, 5.74) is 0.230. The third-order valence-electron chi connectivity index (χ3n) is 3.10. The van der Waals surface area contributed by atoms with Crippen molar-refractivity contribution >= 4 is 11.9 Å². The van der Waals surface area contributed by atoms with E-state index in [-0.39, 0.29) is 17.4 Å². The van der Waals surface area contributed by atoms with E-state index < -0.39 is 5.97 Å². The normalized spacial score (nSPS) is 27.9. The van der Waals surface area contributed by atoms with Crippen LogP contribution in [0.1, 0.15) is 40.0 Å². The standard InChI is InChI=1S/C13H21NO3/c1-9-6-10(8-13(2,3)7-9)14-11(15)4-5-12(16)17/h4-5,9-10H,6-8H2,1-3H3,(H,14,15)(H,16,17)/p-1/b5-4+/t9-,10-/m0/s1. The third kappa shape index (κ3) is 5.02. The molecule has 1 amide bonds. The van der Waals surface area contributed by atoms with Crippen LogP contribution in [0.15, 0.2) is 12.2 Å². The average Bonchev–Trinajstić information content (AvgIpc) is 2.11. The zero-order valence-corrected chi connectivity index (χ0v) is 10.7. The van der Waals surface area contributed by atoms with Crippen LogP contribution in [-0.4, -0.2) is 17.9 Å². The number of carbonyl (C=O) groups excluding carboxylic acids is 2. The van der Waals surface area contributed by atoms with Crippen molar-refractivity contribution in [2.45, 2.75) is 46.1 Å². The van der Waals surface area contributed by atoms with Crippen molar-refractivity contribution in [2.24, 2.45) is 11.3 Å². The van der Waals surface area contributed by atoms with Crippen molar-refractivity contribution in [1.29, 1.82) is 0 Å². The van der Waals surface area contributed by atoms with Crippen molar-refractivity contribution in [1.82, 2.24) is 5.32 Å². The second-order valence-corrected chi connectivity index (χ2v) is 5.77. The van der Waals surface area contributed by atoms with E-state index in [1.165, 1.54) is 0 Å². The van der Waals surface area contributed by atoms with Gasteiger partial charge in [0.1, 0.15) is 0 Å². The van der Waals surface area contributed by atoms with Crippen LogP contribution in [0, 0.1) is 11.3 Å². The molecule has 0 aromatic carbocycles. The highest BCUT2D eigenvalue weighted by Crippen LogP contribution is 2.38.